The van der Waals surface area contributed by atoms with Gasteiger partial charge in [0.2, 0.25) is 15.9 Å². The zero-order valence-corrected chi connectivity index (χ0v) is 13.6. The fourth-order valence-electron chi connectivity index (χ4n) is 2.43. The first-order valence-corrected chi connectivity index (χ1v) is 9.03. The maximum Gasteiger partial charge on any atom is 0.216 e. The van der Waals surface area contributed by atoms with Crippen LogP contribution in [0.5, 0.6) is 0 Å². The number of nitrogens with one attached hydrogen (secondary N) is 3. The number of rotatable bonds is 7. The number of carbonyl (C=O) groups excluding carboxylic acids is 1. The number of aromatic nitrogens is 1. The fourth-order valence-corrected chi connectivity index (χ4v) is 2.91. The van der Waals surface area contributed by atoms with Crippen LogP contribution in [-0.2, 0) is 27.7 Å². The average molecular weight is 323 g/mol. The van der Waals surface area contributed by atoms with E-state index in [4.69, 9.17) is 0 Å². The lowest BCUT2D eigenvalue weighted by molar-refractivity contribution is -0.118. The lowest BCUT2D eigenvalue weighted by Gasteiger charge is -2.05. The minimum absolute atomic E-state index is 0.0348. The van der Waals surface area contributed by atoms with Crippen molar-refractivity contribution >= 4 is 26.8 Å². The van der Waals surface area contributed by atoms with Gasteiger partial charge in [-0.15, -0.1) is 0 Å². The van der Waals surface area contributed by atoms with Gasteiger partial charge < -0.3 is 10.3 Å². The Kier molecular flexibility index (Phi) is 5.20. The molecule has 1 amide bonds. The standard InChI is InChI=1S/C15H21N3O3S/c1-11(19)16-8-6-13-10-17-15-12(4-3-5-14(13)15)7-9-18-22(2,20)21/h3-5,10,17-18H,6-9H2,1-2H3,(H,16,19). The molecule has 0 saturated heterocycles. The monoisotopic (exact) mass is 323 g/mol. The SMILES string of the molecule is CC(=O)NCCc1c[nH]c2c(CCNS(C)(=O)=O)cccc12. The van der Waals surface area contributed by atoms with E-state index < -0.39 is 10.0 Å². The molecule has 6 nitrogen and oxygen atoms in total. The molecule has 0 aliphatic carbocycles. The molecular formula is C15H21N3O3S. The van der Waals surface area contributed by atoms with Crippen LogP contribution in [0.1, 0.15) is 18.1 Å². The molecule has 1 heterocycles. The van der Waals surface area contributed by atoms with E-state index in [-0.39, 0.29) is 5.91 Å². The summed E-state index contributed by atoms with van der Waals surface area (Å²) in [7, 11) is -3.16. The fraction of sp³-hybridized carbons (Fsp3) is 0.400. The van der Waals surface area contributed by atoms with Crippen molar-refractivity contribution in [3.8, 4) is 0 Å². The summed E-state index contributed by atoms with van der Waals surface area (Å²) in [5, 5.41) is 3.90. The second-order valence-electron chi connectivity index (χ2n) is 5.30. The van der Waals surface area contributed by atoms with E-state index in [2.05, 4.69) is 15.0 Å². The van der Waals surface area contributed by atoms with Crippen LogP contribution < -0.4 is 10.0 Å². The molecule has 22 heavy (non-hydrogen) atoms. The summed E-state index contributed by atoms with van der Waals surface area (Å²) in [6.45, 7) is 2.47. The first-order valence-electron chi connectivity index (χ1n) is 7.14. The van der Waals surface area contributed by atoms with Crippen LogP contribution in [0.3, 0.4) is 0 Å². The van der Waals surface area contributed by atoms with Crippen molar-refractivity contribution in [1.29, 1.82) is 0 Å². The van der Waals surface area contributed by atoms with Crippen molar-refractivity contribution in [2.45, 2.75) is 19.8 Å². The highest BCUT2D eigenvalue weighted by Gasteiger charge is 2.08. The molecule has 7 heteroatoms. The lowest BCUT2D eigenvalue weighted by atomic mass is 10.1. The number of H-pyrrole nitrogens is 1. The van der Waals surface area contributed by atoms with Gasteiger partial charge in [0.25, 0.3) is 0 Å². The molecule has 2 rings (SSSR count). The molecule has 0 unspecified atom stereocenters. The summed E-state index contributed by atoms with van der Waals surface area (Å²) in [4.78, 5) is 14.2. The number of hydrogen-bond donors (Lipinski definition) is 3. The van der Waals surface area contributed by atoms with Gasteiger partial charge in [-0.3, -0.25) is 4.79 Å². The Morgan fingerprint density at radius 3 is 2.59 bits per heavy atom. The third-order valence-corrected chi connectivity index (χ3v) is 4.14. The maximum absolute atomic E-state index is 11.1. The number of para-hydroxylation sites is 1. The number of carbonyl (C=O) groups is 1. The Morgan fingerprint density at radius 1 is 1.18 bits per heavy atom. The Hall–Kier alpha value is -1.86. The molecule has 0 spiro atoms. The quantitative estimate of drug-likeness (QED) is 0.708. The number of aromatic amines is 1. The van der Waals surface area contributed by atoms with Crippen molar-refractivity contribution in [2.75, 3.05) is 19.3 Å². The van der Waals surface area contributed by atoms with Gasteiger partial charge >= 0.3 is 0 Å². The van der Waals surface area contributed by atoms with Crippen LogP contribution in [0.2, 0.25) is 0 Å². The Morgan fingerprint density at radius 2 is 1.91 bits per heavy atom. The van der Waals surface area contributed by atoms with Gasteiger partial charge in [0, 0.05) is 37.1 Å². The predicted octanol–water partition coefficient (Wildman–Crippen LogP) is 0.938. The average Bonchev–Trinajstić information content (AvgIpc) is 2.81. The second-order valence-corrected chi connectivity index (χ2v) is 7.14. The summed E-state index contributed by atoms with van der Waals surface area (Å²) < 4.78 is 24.7. The molecule has 1 aromatic carbocycles. The zero-order chi connectivity index (χ0) is 16.2. The predicted molar refractivity (Wildman–Crippen MR) is 87.2 cm³/mol. The third-order valence-electron chi connectivity index (χ3n) is 3.41. The summed E-state index contributed by atoms with van der Waals surface area (Å²) in [5.41, 5.74) is 3.23. The van der Waals surface area contributed by atoms with Crippen molar-refractivity contribution in [3.05, 3.63) is 35.5 Å². The molecule has 0 fully saturated rings. The number of sulfonamides is 1. The third kappa shape index (κ3) is 4.57. The molecule has 0 aliphatic heterocycles. The van der Waals surface area contributed by atoms with Gasteiger partial charge in [-0.25, -0.2) is 13.1 Å². The van der Waals surface area contributed by atoms with Crippen molar-refractivity contribution in [3.63, 3.8) is 0 Å². The van der Waals surface area contributed by atoms with Crippen LogP contribution in [0.15, 0.2) is 24.4 Å². The Balaban J connectivity index is 2.10. The minimum atomic E-state index is -3.16. The second kappa shape index (κ2) is 6.93. The highest BCUT2D eigenvalue weighted by atomic mass is 32.2. The van der Waals surface area contributed by atoms with Gasteiger partial charge in [-0.2, -0.15) is 0 Å². The van der Waals surface area contributed by atoms with E-state index in [0.717, 1.165) is 34.7 Å². The molecule has 0 bridgehead atoms. The zero-order valence-electron chi connectivity index (χ0n) is 12.8. The van der Waals surface area contributed by atoms with E-state index in [0.29, 0.717) is 19.5 Å². The van der Waals surface area contributed by atoms with Crippen molar-refractivity contribution in [2.24, 2.45) is 0 Å². The highest BCUT2D eigenvalue weighted by Crippen LogP contribution is 2.22. The number of hydrogen-bond acceptors (Lipinski definition) is 3. The topological polar surface area (TPSA) is 91.1 Å². The van der Waals surface area contributed by atoms with Gasteiger partial charge in [0.1, 0.15) is 0 Å². The van der Waals surface area contributed by atoms with Gasteiger partial charge in [0.05, 0.1) is 6.26 Å². The van der Waals surface area contributed by atoms with Crippen LogP contribution in [-0.4, -0.2) is 38.7 Å². The molecule has 0 atom stereocenters. The summed E-state index contributed by atoms with van der Waals surface area (Å²) >= 11 is 0. The highest BCUT2D eigenvalue weighted by molar-refractivity contribution is 7.88. The maximum atomic E-state index is 11.1. The summed E-state index contributed by atoms with van der Waals surface area (Å²) in [5.74, 6) is -0.0348. The van der Waals surface area contributed by atoms with E-state index in [9.17, 15) is 13.2 Å². The van der Waals surface area contributed by atoms with Gasteiger partial charge in [0.15, 0.2) is 0 Å². The largest absolute Gasteiger partial charge is 0.361 e. The summed E-state index contributed by atoms with van der Waals surface area (Å²) in [6.07, 6.45) is 4.48. The van der Waals surface area contributed by atoms with Crippen LogP contribution >= 0.6 is 0 Å². The lowest BCUT2D eigenvalue weighted by Crippen LogP contribution is -2.24. The van der Waals surface area contributed by atoms with E-state index in [1.807, 2.05) is 24.4 Å². The molecular weight excluding hydrogens is 302 g/mol. The molecule has 1 aromatic heterocycles. The molecule has 0 saturated carbocycles. The van der Waals surface area contributed by atoms with Crippen LogP contribution in [0, 0.1) is 0 Å². The van der Waals surface area contributed by atoms with Crippen LogP contribution in [0.4, 0.5) is 0 Å². The molecule has 2 aromatic rings. The number of benzene rings is 1. The molecule has 120 valence electrons. The van der Waals surface area contributed by atoms with Gasteiger partial charge in [-0.1, -0.05) is 18.2 Å². The van der Waals surface area contributed by atoms with E-state index in [1.165, 1.54) is 6.92 Å². The van der Waals surface area contributed by atoms with Crippen molar-refractivity contribution in [1.82, 2.24) is 15.0 Å². The van der Waals surface area contributed by atoms with Crippen molar-refractivity contribution < 1.29 is 13.2 Å². The first kappa shape index (κ1) is 16.5. The van der Waals surface area contributed by atoms with E-state index in [1.54, 1.807) is 0 Å². The Bertz CT molecular complexity index is 765. The smallest absolute Gasteiger partial charge is 0.216 e. The summed E-state index contributed by atoms with van der Waals surface area (Å²) in [6, 6.07) is 5.98. The number of amides is 1. The number of fused-ring (bicyclic) bond motifs is 1. The molecule has 0 radical (unpaired) electrons. The van der Waals surface area contributed by atoms with E-state index >= 15 is 0 Å². The molecule has 3 N–H and O–H groups in total. The Labute approximate surface area is 130 Å². The van der Waals surface area contributed by atoms with Gasteiger partial charge in [-0.05, 0) is 24.0 Å². The first-order chi connectivity index (χ1) is 10.4. The van der Waals surface area contributed by atoms with Crippen LogP contribution in [0.25, 0.3) is 10.9 Å². The molecule has 0 aliphatic rings. The normalized spacial score (nSPS) is 11.7. The minimum Gasteiger partial charge on any atom is -0.361 e.